The van der Waals surface area contributed by atoms with Crippen molar-refractivity contribution in [3.63, 3.8) is 0 Å². The van der Waals surface area contributed by atoms with Crippen LogP contribution < -0.4 is 0 Å². The number of hydrogen-bond donors (Lipinski definition) is 0. The van der Waals surface area contributed by atoms with E-state index < -0.39 is 0 Å². The Kier molecular flexibility index (Phi) is 2.48. The quantitative estimate of drug-likeness (QED) is 0.630. The van der Waals surface area contributed by atoms with Crippen LogP contribution in [0.25, 0.3) is 16.9 Å². The zero-order valence-electron chi connectivity index (χ0n) is 9.92. The molecule has 0 N–H and O–H groups in total. The van der Waals surface area contributed by atoms with Gasteiger partial charge in [-0.15, -0.1) is 5.10 Å². The van der Waals surface area contributed by atoms with Crippen molar-refractivity contribution in [3.8, 4) is 5.82 Å². The molecule has 2 aromatic heterocycles. The number of rotatable bonds is 1. The molecule has 0 fully saturated rings. The summed E-state index contributed by atoms with van der Waals surface area (Å²) in [6, 6.07) is 7.71. The molecule has 18 heavy (non-hydrogen) atoms. The minimum atomic E-state index is 0.442. The number of halogens is 1. The lowest BCUT2D eigenvalue weighted by atomic mass is 10.3. The Hall–Kier alpha value is -2.01. The first-order chi connectivity index (χ1) is 8.66. The first-order valence-electron chi connectivity index (χ1n) is 5.48. The molecule has 3 rings (SSSR count). The zero-order valence-corrected chi connectivity index (χ0v) is 10.7. The molecule has 0 atom stereocenters. The van der Waals surface area contributed by atoms with Crippen LogP contribution in [0.4, 0.5) is 0 Å². The van der Waals surface area contributed by atoms with E-state index in [-0.39, 0.29) is 0 Å². The molecule has 0 saturated carbocycles. The Morgan fingerprint density at radius 2 is 1.89 bits per heavy atom. The molecule has 90 valence electrons. The van der Waals surface area contributed by atoms with Gasteiger partial charge in [0.15, 0.2) is 5.82 Å². The van der Waals surface area contributed by atoms with Crippen LogP contribution in [0.15, 0.2) is 24.3 Å². The van der Waals surface area contributed by atoms with Crippen LogP contribution in [0, 0.1) is 13.8 Å². The molecule has 0 bridgehead atoms. The number of nitrogens with zero attached hydrogens (tertiary/aromatic N) is 5. The van der Waals surface area contributed by atoms with Crippen LogP contribution in [0.3, 0.4) is 0 Å². The Morgan fingerprint density at radius 1 is 1.11 bits per heavy atom. The molecule has 0 aliphatic heterocycles. The summed E-state index contributed by atoms with van der Waals surface area (Å²) in [5, 5.41) is 8.67. The third kappa shape index (κ3) is 1.64. The van der Waals surface area contributed by atoms with Crippen LogP contribution in [-0.4, -0.2) is 25.0 Å². The van der Waals surface area contributed by atoms with Gasteiger partial charge in [-0.1, -0.05) is 28.9 Å². The van der Waals surface area contributed by atoms with E-state index >= 15 is 0 Å². The highest BCUT2D eigenvalue weighted by Crippen LogP contribution is 2.21. The number of benzene rings is 1. The highest BCUT2D eigenvalue weighted by molar-refractivity contribution is 6.30. The highest BCUT2D eigenvalue weighted by Gasteiger charge is 2.13. The largest absolute Gasteiger partial charge is 0.221 e. The van der Waals surface area contributed by atoms with Gasteiger partial charge in [0.05, 0.1) is 5.52 Å². The fourth-order valence-corrected chi connectivity index (χ4v) is 2.02. The van der Waals surface area contributed by atoms with Gasteiger partial charge in [0.25, 0.3) is 0 Å². The van der Waals surface area contributed by atoms with Crippen molar-refractivity contribution in [2.45, 2.75) is 13.8 Å². The molecule has 0 radical (unpaired) electrons. The second-order valence-electron chi connectivity index (χ2n) is 4.00. The van der Waals surface area contributed by atoms with Crippen LogP contribution in [-0.2, 0) is 0 Å². The van der Waals surface area contributed by atoms with E-state index in [0.717, 1.165) is 16.6 Å². The van der Waals surface area contributed by atoms with Crippen LogP contribution >= 0.6 is 11.6 Å². The van der Waals surface area contributed by atoms with Gasteiger partial charge in [0.1, 0.15) is 16.5 Å². The SMILES string of the molecule is Cc1nc(Cl)c(C)c(-n2nnc3ccccc32)n1. The van der Waals surface area contributed by atoms with Gasteiger partial charge in [-0.05, 0) is 26.0 Å². The Bertz CT molecular complexity index is 734. The standard InChI is InChI=1S/C12H10ClN5/c1-7-11(13)14-8(2)15-12(7)18-10-6-4-3-5-9(10)16-17-18/h3-6H,1-2H3. The predicted octanol–water partition coefficient (Wildman–Crippen LogP) is 2.48. The first kappa shape index (κ1) is 11.1. The van der Waals surface area contributed by atoms with Crippen molar-refractivity contribution in [2.75, 3.05) is 0 Å². The van der Waals surface area contributed by atoms with E-state index in [9.17, 15) is 0 Å². The number of para-hydroxylation sites is 1. The average molecular weight is 260 g/mol. The summed E-state index contributed by atoms with van der Waals surface area (Å²) >= 11 is 6.07. The van der Waals surface area contributed by atoms with Gasteiger partial charge in [-0.2, -0.15) is 4.68 Å². The third-order valence-electron chi connectivity index (χ3n) is 2.72. The minimum absolute atomic E-state index is 0.442. The van der Waals surface area contributed by atoms with E-state index in [4.69, 9.17) is 11.6 Å². The molecule has 0 aliphatic rings. The Morgan fingerprint density at radius 3 is 2.72 bits per heavy atom. The van der Waals surface area contributed by atoms with E-state index in [1.54, 1.807) is 11.6 Å². The molecule has 0 spiro atoms. The monoisotopic (exact) mass is 259 g/mol. The summed E-state index contributed by atoms with van der Waals surface area (Å²) in [5.41, 5.74) is 2.51. The fraction of sp³-hybridized carbons (Fsp3) is 0.167. The number of aromatic nitrogens is 5. The normalized spacial score (nSPS) is 11.1. The lowest BCUT2D eigenvalue weighted by Gasteiger charge is -2.07. The molecule has 5 nitrogen and oxygen atoms in total. The highest BCUT2D eigenvalue weighted by atomic mass is 35.5. The topological polar surface area (TPSA) is 56.5 Å². The van der Waals surface area contributed by atoms with Gasteiger partial charge in [0.2, 0.25) is 0 Å². The Labute approximate surface area is 108 Å². The van der Waals surface area contributed by atoms with E-state index in [2.05, 4.69) is 20.3 Å². The maximum atomic E-state index is 6.07. The summed E-state index contributed by atoms with van der Waals surface area (Å²) in [6.07, 6.45) is 0. The van der Waals surface area contributed by atoms with E-state index in [1.807, 2.05) is 31.2 Å². The summed E-state index contributed by atoms with van der Waals surface area (Å²) in [4.78, 5) is 8.51. The summed E-state index contributed by atoms with van der Waals surface area (Å²) in [7, 11) is 0. The molecule has 3 aromatic rings. The molecule has 0 unspecified atom stereocenters. The molecule has 0 aliphatic carbocycles. The minimum Gasteiger partial charge on any atom is -0.221 e. The molecule has 1 aromatic carbocycles. The van der Waals surface area contributed by atoms with Crippen molar-refractivity contribution in [2.24, 2.45) is 0 Å². The van der Waals surface area contributed by atoms with Crippen LogP contribution in [0.5, 0.6) is 0 Å². The molecule has 6 heteroatoms. The van der Waals surface area contributed by atoms with Crippen molar-refractivity contribution in [1.82, 2.24) is 25.0 Å². The van der Waals surface area contributed by atoms with Crippen molar-refractivity contribution in [1.29, 1.82) is 0 Å². The smallest absolute Gasteiger partial charge is 0.163 e. The molecular weight excluding hydrogens is 250 g/mol. The first-order valence-corrected chi connectivity index (χ1v) is 5.86. The van der Waals surface area contributed by atoms with Crippen molar-refractivity contribution >= 4 is 22.6 Å². The maximum absolute atomic E-state index is 6.07. The second kappa shape index (κ2) is 4.03. The van der Waals surface area contributed by atoms with Crippen molar-refractivity contribution < 1.29 is 0 Å². The van der Waals surface area contributed by atoms with Gasteiger partial charge >= 0.3 is 0 Å². The zero-order chi connectivity index (χ0) is 12.7. The van der Waals surface area contributed by atoms with E-state index in [1.165, 1.54) is 0 Å². The molecule has 0 saturated heterocycles. The third-order valence-corrected chi connectivity index (χ3v) is 3.09. The lowest BCUT2D eigenvalue weighted by molar-refractivity contribution is 0.783. The van der Waals surface area contributed by atoms with Gasteiger partial charge in [-0.3, -0.25) is 0 Å². The summed E-state index contributed by atoms with van der Waals surface area (Å²) in [5.74, 6) is 1.28. The Balaban J connectivity index is 2.33. The molecule has 0 amide bonds. The number of fused-ring (bicyclic) bond motifs is 1. The lowest BCUT2D eigenvalue weighted by Crippen LogP contribution is -2.06. The van der Waals surface area contributed by atoms with Crippen molar-refractivity contribution in [3.05, 3.63) is 40.8 Å². The maximum Gasteiger partial charge on any atom is 0.163 e. The number of aryl methyl sites for hydroxylation is 1. The predicted molar refractivity (Wildman–Crippen MR) is 68.9 cm³/mol. The summed E-state index contributed by atoms with van der Waals surface area (Å²) in [6.45, 7) is 3.67. The average Bonchev–Trinajstić information content (AvgIpc) is 2.77. The second-order valence-corrected chi connectivity index (χ2v) is 4.36. The van der Waals surface area contributed by atoms with E-state index in [0.29, 0.717) is 16.8 Å². The molecular formula is C12H10ClN5. The fourth-order valence-electron chi connectivity index (χ4n) is 1.81. The van der Waals surface area contributed by atoms with Gasteiger partial charge in [0, 0.05) is 5.56 Å². The van der Waals surface area contributed by atoms with Crippen LogP contribution in [0.1, 0.15) is 11.4 Å². The van der Waals surface area contributed by atoms with Gasteiger partial charge < -0.3 is 0 Å². The summed E-state index contributed by atoms with van der Waals surface area (Å²) < 4.78 is 1.69. The molecule has 2 heterocycles. The van der Waals surface area contributed by atoms with Gasteiger partial charge in [-0.25, -0.2) is 9.97 Å². The van der Waals surface area contributed by atoms with Crippen LogP contribution in [0.2, 0.25) is 5.15 Å². The number of hydrogen-bond acceptors (Lipinski definition) is 4.